The monoisotopic (exact) mass is 332 g/mol. The number of hydrogen-bond acceptors (Lipinski definition) is 6. The summed E-state index contributed by atoms with van der Waals surface area (Å²) < 4.78 is 1.94. The summed E-state index contributed by atoms with van der Waals surface area (Å²) in [6, 6.07) is 7.97. The number of halogens is 1. The van der Waals surface area contributed by atoms with E-state index in [0.717, 1.165) is 34.0 Å². The van der Waals surface area contributed by atoms with Gasteiger partial charge in [0.05, 0.1) is 11.4 Å². The van der Waals surface area contributed by atoms with Gasteiger partial charge < -0.3 is 11.1 Å². The van der Waals surface area contributed by atoms with Gasteiger partial charge in [-0.3, -0.25) is 0 Å². The van der Waals surface area contributed by atoms with Crippen LogP contribution in [0.1, 0.15) is 6.04 Å². The Balaban J connectivity index is 1.82. The summed E-state index contributed by atoms with van der Waals surface area (Å²) in [6.45, 7) is 1.78. The van der Waals surface area contributed by atoms with Gasteiger partial charge in [-0.25, -0.2) is 14.6 Å². The molecule has 1 aromatic carbocycles. The Morgan fingerprint density at radius 3 is 2.91 bits per heavy atom. The maximum absolute atomic E-state index is 6.05. The molecule has 112 valence electrons. The van der Waals surface area contributed by atoms with Crippen LogP contribution in [0.25, 0.3) is 11.0 Å². The molecule has 3 aromatic rings. The van der Waals surface area contributed by atoms with E-state index in [1.54, 1.807) is 0 Å². The summed E-state index contributed by atoms with van der Waals surface area (Å²) in [6.07, 6.45) is 1.48. The third-order valence-electron chi connectivity index (χ3n) is 3.60. The number of nitrogen functional groups attached to an aromatic ring is 1. The number of nitrogens with two attached hydrogens (primary N) is 1. The molecule has 0 spiro atoms. The SMILES string of the molecule is Nc1ncnc2c1c(Sc1cccc(Cl)c1)nn2C1CNC1. The van der Waals surface area contributed by atoms with Gasteiger partial charge in [-0.2, -0.15) is 5.10 Å². The fourth-order valence-corrected chi connectivity index (χ4v) is 3.62. The predicted molar refractivity (Wildman–Crippen MR) is 87.2 cm³/mol. The molecule has 3 heterocycles. The van der Waals surface area contributed by atoms with Crippen LogP contribution in [-0.4, -0.2) is 32.8 Å². The Hall–Kier alpha value is -1.83. The van der Waals surface area contributed by atoms with E-state index in [1.807, 2.05) is 28.9 Å². The lowest BCUT2D eigenvalue weighted by atomic mass is 10.2. The molecule has 0 unspecified atom stereocenters. The third-order valence-corrected chi connectivity index (χ3v) is 4.81. The minimum Gasteiger partial charge on any atom is -0.383 e. The van der Waals surface area contributed by atoms with Gasteiger partial charge in [-0.05, 0) is 18.2 Å². The summed E-state index contributed by atoms with van der Waals surface area (Å²) in [5, 5.41) is 10.3. The van der Waals surface area contributed by atoms with Crippen LogP contribution in [-0.2, 0) is 0 Å². The second-order valence-electron chi connectivity index (χ2n) is 5.08. The number of benzene rings is 1. The van der Waals surface area contributed by atoms with Crippen molar-refractivity contribution in [2.24, 2.45) is 0 Å². The van der Waals surface area contributed by atoms with Gasteiger partial charge in [-0.1, -0.05) is 29.4 Å². The number of anilines is 1. The van der Waals surface area contributed by atoms with Crippen LogP contribution in [0.4, 0.5) is 5.82 Å². The van der Waals surface area contributed by atoms with E-state index in [-0.39, 0.29) is 0 Å². The van der Waals surface area contributed by atoms with Crippen LogP contribution < -0.4 is 11.1 Å². The molecule has 4 rings (SSSR count). The molecule has 2 aromatic heterocycles. The first kappa shape index (κ1) is 13.8. The van der Waals surface area contributed by atoms with E-state index < -0.39 is 0 Å². The van der Waals surface area contributed by atoms with Gasteiger partial charge in [0.1, 0.15) is 17.2 Å². The molecule has 1 aliphatic rings. The van der Waals surface area contributed by atoms with Crippen molar-refractivity contribution < 1.29 is 0 Å². The number of nitrogens with zero attached hydrogens (tertiary/aromatic N) is 4. The van der Waals surface area contributed by atoms with Gasteiger partial charge in [0, 0.05) is 23.0 Å². The smallest absolute Gasteiger partial charge is 0.164 e. The third kappa shape index (κ3) is 2.31. The molecule has 1 aliphatic heterocycles. The predicted octanol–water partition coefficient (Wildman–Crippen LogP) is 2.36. The van der Waals surface area contributed by atoms with Crippen molar-refractivity contribution in [3.05, 3.63) is 35.6 Å². The zero-order valence-corrected chi connectivity index (χ0v) is 13.1. The molecule has 0 saturated carbocycles. The largest absolute Gasteiger partial charge is 0.383 e. The molecule has 22 heavy (non-hydrogen) atoms. The molecule has 0 bridgehead atoms. The maximum atomic E-state index is 6.05. The van der Waals surface area contributed by atoms with E-state index in [4.69, 9.17) is 22.4 Å². The number of nitrogens with one attached hydrogen (secondary N) is 1. The van der Waals surface area contributed by atoms with Crippen molar-refractivity contribution in [2.75, 3.05) is 18.8 Å². The molecule has 0 radical (unpaired) electrons. The number of rotatable bonds is 3. The van der Waals surface area contributed by atoms with Crippen molar-refractivity contribution in [1.29, 1.82) is 0 Å². The lowest BCUT2D eigenvalue weighted by Crippen LogP contribution is -2.43. The zero-order chi connectivity index (χ0) is 15.1. The van der Waals surface area contributed by atoms with Crippen molar-refractivity contribution in [2.45, 2.75) is 16.0 Å². The van der Waals surface area contributed by atoms with Crippen LogP contribution in [0.2, 0.25) is 5.02 Å². The van der Waals surface area contributed by atoms with E-state index >= 15 is 0 Å². The highest BCUT2D eigenvalue weighted by molar-refractivity contribution is 7.99. The molecule has 0 atom stereocenters. The molecule has 6 nitrogen and oxygen atoms in total. The van der Waals surface area contributed by atoms with E-state index in [1.165, 1.54) is 18.1 Å². The molecule has 3 N–H and O–H groups in total. The minimum absolute atomic E-state index is 0.311. The van der Waals surface area contributed by atoms with Gasteiger partial charge in [-0.15, -0.1) is 0 Å². The maximum Gasteiger partial charge on any atom is 0.164 e. The minimum atomic E-state index is 0.311. The second-order valence-corrected chi connectivity index (χ2v) is 6.58. The first-order valence-corrected chi connectivity index (χ1v) is 8.04. The molecular formula is C14H13ClN6S. The molecule has 8 heteroatoms. The molecule has 0 amide bonds. The number of aromatic nitrogens is 4. The lowest BCUT2D eigenvalue weighted by molar-refractivity contribution is 0.321. The van der Waals surface area contributed by atoms with Gasteiger partial charge in [0.2, 0.25) is 0 Å². The normalized spacial score (nSPS) is 15.1. The van der Waals surface area contributed by atoms with Crippen LogP contribution in [0.5, 0.6) is 0 Å². The van der Waals surface area contributed by atoms with Crippen molar-refractivity contribution in [1.82, 2.24) is 25.1 Å². The summed E-state index contributed by atoms with van der Waals surface area (Å²) in [5.41, 5.74) is 6.84. The number of hydrogen-bond donors (Lipinski definition) is 2. The fraction of sp³-hybridized carbons (Fsp3) is 0.214. The van der Waals surface area contributed by atoms with Crippen molar-refractivity contribution in [3.8, 4) is 0 Å². The Morgan fingerprint density at radius 2 is 2.18 bits per heavy atom. The second kappa shape index (κ2) is 5.42. The highest BCUT2D eigenvalue weighted by Gasteiger charge is 2.25. The highest BCUT2D eigenvalue weighted by atomic mass is 35.5. The molecule has 1 fully saturated rings. The average Bonchev–Trinajstić information content (AvgIpc) is 2.77. The molecule has 1 saturated heterocycles. The summed E-state index contributed by atoms with van der Waals surface area (Å²) in [7, 11) is 0. The van der Waals surface area contributed by atoms with E-state index in [2.05, 4.69) is 15.3 Å². The van der Waals surface area contributed by atoms with Crippen LogP contribution in [0.15, 0.2) is 40.5 Å². The summed E-state index contributed by atoms with van der Waals surface area (Å²) >= 11 is 7.57. The zero-order valence-electron chi connectivity index (χ0n) is 11.5. The topological polar surface area (TPSA) is 81.7 Å². The van der Waals surface area contributed by atoms with Crippen LogP contribution in [0, 0.1) is 0 Å². The van der Waals surface area contributed by atoms with Crippen molar-refractivity contribution in [3.63, 3.8) is 0 Å². The quantitative estimate of drug-likeness (QED) is 0.766. The standard InChI is InChI=1S/C14H13ClN6S/c15-8-2-1-3-10(4-8)22-14-11-12(16)18-7-19-13(11)21(20-14)9-5-17-6-9/h1-4,7,9,17H,5-6H2,(H2,16,18,19). The van der Waals surface area contributed by atoms with E-state index in [9.17, 15) is 0 Å². The van der Waals surface area contributed by atoms with Gasteiger partial charge >= 0.3 is 0 Å². The number of fused-ring (bicyclic) bond motifs is 1. The molecular weight excluding hydrogens is 320 g/mol. The Bertz CT molecular complexity index is 844. The molecule has 0 aliphatic carbocycles. The summed E-state index contributed by atoms with van der Waals surface area (Å²) in [4.78, 5) is 9.48. The fourth-order valence-electron chi connectivity index (χ4n) is 2.38. The van der Waals surface area contributed by atoms with Crippen molar-refractivity contribution >= 4 is 40.2 Å². The Kier molecular flexibility index (Phi) is 3.40. The average molecular weight is 333 g/mol. The van der Waals surface area contributed by atoms with Gasteiger partial charge in [0.25, 0.3) is 0 Å². The van der Waals surface area contributed by atoms with E-state index in [0.29, 0.717) is 16.9 Å². The summed E-state index contributed by atoms with van der Waals surface area (Å²) in [5.74, 6) is 0.452. The van der Waals surface area contributed by atoms with Crippen LogP contribution >= 0.6 is 23.4 Å². The highest BCUT2D eigenvalue weighted by Crippen LogP contribution is 2.36. The lowest BCUT2D eigenvalue weighted by Gasteiger charge is -2.27. The van der Waals surface area contributed by atoms with Gasteiger partial charge in [0.15, 0.2) is 5.65 Å². The first-order valence-electron chi connectivity index (χ1n) is 6.85. The van der Waals surface area contributed by atoms with Crippen LogP contribution in [0.3, 0.4) is 0 Å². The Morgan fingerprint density at radius 1 is 1.32 bits per heavy atom. The first-order chi connectivity index (χ1) is 10.7. The Labute approximate surface area is 136 Å².